The highest BCUT2D eigenvalue weighted by Crippen LogP contribution is 2.34. The zero-order chi connectivity index (χ0) is 16.9. The molecule has 126 valence electrons. The number of ether oxygens (including phenoxy) is 1. The number of carbonyl (C=O) groups excluding carboxylic acids is 1. The number of amides is 1. The third kappa shape index (κ3) is 3.44. The minimum Gasteiger partial charge on any atom is -0.496 e. The van der Waals surface area contributed by atoms with Crippen LogP contribution in [0.3, 0.4) is 0 Å². The lowest BCUT2D eigenvalue weighted by atomic mass is 9.87. The summed E-state index contributed by atoms with van der Waals surface area (Å²) < 4.78 is 5.48. The van der Waals surface area contributed by atoms with Gasteiger partial charge >= 0.3 is 0 Å². The Labute approximate surface area is 143 Å². The van der Waals surface area contributed by atoms with E-state index in [4.69, 9.17) is 4.74 Å². The van der Waals surface area contributed by atoms with Gasteiger partial charge in [-0.2, -0.15) is 0 Å². The molecule has 1 amide bonds. The summed E-state index contributed by atoms with van der Waals surface area (Å²) in [5.74, 6) is 0.976. The smallest absolute Gasteiger partial charge is 0.225 e. The Morgan fingerprint density at radius 2 is 1.83 bits per heavy atom. The van der Waals surface area contributed by atoms with Gasteiger partial charge in [0.1, 0.15) is 5.75 Å². The Bertz CT molecular complexity index is 687. The number of methoxy groups -OCH3 is 1. The fourth-order valence-corrected chi connectivity index (χ4v) is 3.40. The predicted octanol–water partition coefficient (Wildman–Crippen LogP) is 2.88. The van der Waals surface area contributed by atoms with Crippen LogP contribution in [0, 0.1) is 5.92 Å². The molecule has 0 radical (unpaired) electrons. The second-order valence-corrected chi connectivity index (χ2v) is 6.25. The van der Waals surface area contributed by atoms with Gasteiger partial charge in [0.25, 0.3) is 0 Å². The molecule has 0 bridgehead atoms. The highest BCUT2D eigenvalue weighted by molar-refractivity contribution is 5.81. The van der Waals surface area contributed by atoms with Crippen molar-refractivity contribution in [1.29, 1.82) is 0 Å². The van der Waals surface area contributed by atoms with Crippen molar-refractivity contribution in [2.45, 2.75) is 18.9 Å². The number of carbonyl (C=O) groups is 1. The number of hydrogen-bond acceptors (Lipinski definition) is 3. The van der Waals surface area contributed by atoms with E-state index in [-0.39, 0.29) is 23.8 Å². The van der Waals surface area contributed by atoms with Crippen LogP contribution in [0.4, 0.5) is 0 Å². The van der Waals surface area contributed by atoms with E-state index in [2.05, 4.69) is 16.7 Å². The van der Waals surface area contributed by atoms with Crippen LogP contribution in [0.25, 0.3) is 0 Å². The van der Waals surface area contributed by atoms with Crippen molar-refractivity contribution in [3.8, 4) is 5.75 Å². The normalized spacial score (nSPS) is 21.2. The van der Waals surface area contributed by atoms with Crippen molar-refractivity contribution >= 4 is 5.91 Å². The van der Waals surface area contributed by atoms with E-state index in [0.717, 1.165) is 23.4 Å². The van der Waals surface area contributed by atoms with Crippen LogP contribution >= 0.6 is 0 Å². The van der Waals surface area contributed by atoms with Crippen LogP contribution in [0.2, 0.25) is 0 Å². The maximum absolute atomic E-state index is 12.8. The summed E-state index contributed by atoms with van der Waals surface area (Å²) in [4.78, 5) is 12.8. The van der Waals surface area contributed by atoms with Crippen molar-refractivity contribution in [2.24, 2.45) is 5.92 Å². The van der Waals surface area contributed by atoms with Gasteiger partial charge < -0.3 is 15.4 Å². The quantitative estimate of drug-likeness (QED) is 0.889. The zero-order valence-corrected chi connectivity index (χ0v) is 14.2. The van der Waals surface area contributed by atoms with Crippen LogP contribution in [-0.4, -0.2) is 26.1 Å². The molecule has 1 heterocycles. The zero-order valence-electron chi connectivity index (χ0n) is 14.2. The summed E-state index contributed by atoms with van der Waals surface area (Å²) in [6, 6.07) is 18.0. The third-order valence-corrected chi connectivity index (χ3v) is 4.75. The van der Waals surface area contributed by atoms with E-state index < -0.39 is 0 Å². The topological polar surface area (TPSA) is 50.4 Å². The molecule has 2 N–H and O–H groups in total. The minimum absolute atomic E-state index is 0.00220. The molecule has 0 aromatic heterocycles. The van der Waals surface area contributed by atoms with Gasteiger partial charge in [0.2, 0.25) is 5.91 Å². The van der Waals surface area contributed by atoms with Gasteiger partial charge in [-0.3, -0.25) is 4.79 Å². The summed E-state index contributed by atoms with van der Waals surface area (Å²) >= 11 is 0. The molecule has 1 saturated heterocycles. The Kier molecular flexibility index (Phi) is 5.16. The standard InChI is InChI=1S/C20H24N2O2/c1-14(15-8-4-3-5-9-15)22-20(23)18-13-21-12-17(18)16-10-6-7-11-19(16)24-2/h3-11,14,17-18,21H,12-13H2,1-2H3,(H,22,23)/t14-,17-,18+/m0/s1. The minimum atomic E-state index is -0.0903. The second-order valence-electron chi connectivity index (χ2n) is 6.25. The monoisotopic (exact) mass is 324 g/mol. The van der Waals surface area contributed by atoms with E-state index in [1.165, 1.54) is 0 Å². The maximum Gasteiger partial charge on any atom is 0.225 e. The lowest BCUT2D eigenvalue weighted by Crippen LogP contribution is -2.36. The van der Waals surface area contributed by atoms with E-state index >= 15 is 0 Å². The average Bonchev–Trinajstić information content (AvgIpc) is 3.12. The third-order valence-electron chi connectivity index (χ3n) is 4.75. The lowest BCUT2D eigenvalue weighted by Gasteiger charge is -2.23. The van der Waals surface area contributed by atoms with Gasteiger partial charge in [0.15, 0.2) is 0 Å². The molecule has 1 fully saturated rings. The molecule has 3 rings (SSSR count). The Hall–Kier alpha value is -2.33. The molecule has 4 heteroatoms. The molecule has 4 nitrogen and oxygen atoms in total. The summed E-state index contributed by atoms with van der Waals surface area (Å²) in [5, 5.41) is 6.51. The molecular formula is C20H24N2O2. The van der Waals surface area contributed by atoms with Crippen LogP contribution in [0.5, 0.6) is 5.75 Å². The highest BCUT2D eigenvalue weighted by atomic mass is 16.5. The van der Waals surface area contributed by atoms with Gasteiger partial charge in [0.05, 0.1) is 19.1 Å². The first kappa shape index (κ1) is 16.5. The van der Waals surface area contributed by atoms with Gasteiger partial charge in [-0.1, -0.05) is 48.5 Å². The van der Waals surface area contributed by atoms with Gasteiger partial charge in [-0.25, -0.2) is 0 Å². The Morgan fingerprint density at radius 1 is 1.12 bits per heavy atom. The van der Waals surface area contributed by atoms with E-state index in [1.807, 2.05) is 55.5 Å². The van der Waals surface area contributed by atoms with Gasteiger partial charge in [0, 0.05) is 19.0 Å². The van der Waals surface area contributed by atoms with Crippen molar-refractivity contribution in [3.63, 3.8) is 0 Å². The molecule has 24 heavy (non-hydrogen) atoms. The van der Waals surface area contributed by atoms with Crippen LogP contribution < -0.4 is 15.4 Å². The van der Waals surface area contributed by atoms with E-state index in [1.54, 1.807) is 7.11 Å². The summed E-state index contributed by atoms with van der Waals surface area (Å²) in [6.07, 6.45) is 0. The summed E-state index contributed by atoms with van der Waals surface area (Å²) in [7, 11) is 1.67. The largest absolute Gasteiger partial charge is 0.496 e. The fraction of sp³-hybridized carbons (Fsp3) is 0.350. The number of benzene rings is 2. The highest BCUT2D eigenvalue weighted by Gasteiger charge is 2.35. The Balaban J connectivity index is 1.74. The molecule has 2 aromatic carbocycles. The van der Waals surface area contributed by atoms with Gasteiger partial charge in [-0.05, 0) is 24.1 Å². The molecule has 0 unspecified atom stereocenters. The maximum atomic E-state index is 12.8. The predicted molar refractivity (Wildman–Crippen MR) is 95.1 cm³/mol. The molecule has 0 spiro atoms. The number of rotatable bonds is 5. The van der Waals surface area contributed by atoms with Crippen molar-refractivity contribution in [1.82, 2.24) is 10.6 Å². The average molecular weight is 324 g/mol. The SMILES string of the molecule is COc1ccccc1[C@@H]1CNC[C@H]1C(=O)N[C@@H](C)c1ccccc1. The lowest BCUT2D eigenvalue weighted by molar-refractivity contribution is -0.125. The first-order valence-electron chi connectivity index (χ1n) is 8.39. The second kappa shape index (κ2) is 7.49. The van der Waals surface area contributed by atoms with E-state index in [9.17, 15) is 4.79 Å². The molecule has 2 aromatic rings. The Morgan fingerprint density at radius 3 is 2.58 bits per heavy atom. The van der Waals surface area contributed by atoms with Gasteiger partial charge in [-0.15, -0.1) is 0 Å². The van der Waals surface area contributed by atoms with Crippen molar-refractivity contribution < 1.29 is 9.53 Å². The fourth-order valence-electron chi connectivity index (χ4n) is 3.40. The molecule has 0 aliphatic carbocycles. The van der Waals surface area contributed by atoms with Crippen molar-refractivity contribution in [2.75, 3.05) is 20.2 Å². The number of nitrogens with one attached hydrogen (secondary N) is 2. The summed E-state index contributed by atoms with van der Waals surface area (Å²) in [5.41, 5.74) is 2.21. The van der Waals surface area contributed by atoms with Crippen LogP contribution in [0.15, 0.2) is 54.6 Å². The number of para-hydroxylation sites is 1. The first-order chi connectivity index (χ1) is 11.7. The van der Waals surface area contributed by atoms with Crippen LogP contribution in [0.1, 0.15) is 30.0 Å². The van der Waals surface area contributed by atoms with Crippen LogP contribution in [-0.2, 0) is 4.79 Å². The molecule has 1 aliphatic rings. The summed E-state index contributed by atoms with van der Waals surface area (Å²) in [6.45, 7) is 3.50. The first-order valence-corrected chi connectivity index (χ1v) is 8.39. The number of hydrogen-bond donors (Lipinski definition) is 2. The molecule has 0 saturated carbocycles. The molecular weight excluding hydrogens is 300 g/mol. The molecule has 3 atom stereocenters. The van der Waals surface area contributed by atoms with E-state index in [0.29, 0.717) is 6.54 Å². The molecule has 1 aliphatic heterocycles. The van der Waals surface area contributed by atoms with Crippen molar-refractivity contribution in [3.05, 3.63) is 65.7 Å².